The number of carbonyl (C=O) groups is 1. The van der Waals surface area contributed by atoms with Gasteiger partial charge in [-0.15, -0.1) is 0 Å². The van der Waals surface area contributed by atoms with Crippen LogP contribution in [0.5, 0.6) is 5.88 Å². The van der Waals surface area contributed by atoms with Crippen molar-refractivity contribution in [3.8, 4) is 5.88 Å². The molecule has 110 valence electrons. The molecule has 1 aromatic heterocycles. The van der Waals surface area contributed by atoms with Crippen molar-refractivity contribution in [3.63, 3.8) is 0 Å². The van der Waals surface area contributed by atoms with Crippen molar-refractivity contribution in [1.29, 1.82) is 0 Å². The molecule has 6 nitrogen and oxygen atoms in total. The molecule has 20 heavy (non-hydrogen) atoms. The molecule has 1 fully saturated rings. The molecule has 0 amide bonds. The average molecular weight is 279 g/mol. The van der Waals surface area contributed by atoms with Crippen molar-refractivity contribution < 1.29 is 14.6 Å². The molecule has 0 saturated carbocycles. The Hall–Kier alpha value is -1.85. The van der Waals surface area contributed by atoms with E-state index in [9.17, 15) is 9.90 Å². The lowest BCUT2D eigenvalue weighted by Crippen LogP contribution is -2.44. The zero-order chi connectivity index (χ0) is 14.6. The van der Waals surface area contributed by atoms with E-state index >= 15 is 0 Å². The molecule has 1 aromatic rings. The van der Waals surface area contributed by atoms with Gasteiger partial charge in [0.15, 0.2) is 0 Å². The molecule has 2 heterocycles. The van der Waals surface area contributed by atoms with Crippen LogP contribution in [-0.2, 0) is 4.79 Å². The Morgan fingerprint density at radius 2 is 2.15 bits per heavy atom. The van der Waals surface area contributed by atoms with E-state index < -0.39 is 11.4 Å². The second-order valence-corrected chi connectivity index (χ2v) is 5.05. The van der Waals surface area contributed by atoms with Gasteiger partial charge < -0.3 is 14.7 Å². The fourth-order valence-corrected chi connectivity index (χ4v) is 2.57. The third kappa shape index (κ3) is 2.84. The van der Waals surface area contributed by atoms with Crippen LogP contribution in [0, 0.1) is 5.41 Å². The molecule has 0 atom stereocenters. The number of rotatable bonds is 5. The molecule has 0 radical (unpaired) electrons. The zero-order valence-corrected chi connectivity index (χ0v) is 12.0. The predicted molar refractivity (Wildman–Crippen MR) is 75.0 cm³/mol. The summed E-state index contributed by atoms with van der Waals surface area (Å²) in [6.45, 7) is 5.74. The molecule has 0 aromatic carbocycles. The van der Waals surface area contributed by atoms with E-state index in [1.807, 2.05) is 18.7 Å². The molecule has 2 rings (SSSR count). The van der Waals surface area contributed by atoms with Gasteiger partial charge in [0.05, 0.1) is 12.0 Å². The van der Waals surface area contributed by atoms with Crippen LogP contribution in [0.1, 0.15) is 33.1 Å². The van der Waals surface area contributed by atoms with E-state index in [1.165, 1.54) is 0 Å². The summed E-state index contributed by atoms with van der Waals surface area (Å²) in [6.07, 6.45) is 3.59. The van der Waals surface area contributed by atoms with E-state index in [0.717, 1.165) is 0 Å². The van der Waals surface area contributed by atoms with Crippen LogP contribution in [0.3, 0.4) is 0 Å². The van der Waals surface area contributed by atoms with Crippen LogP contribution in [0.25, 0.3) is 0 Å². The summed E-state index contributed by atoms with van der Waals surface area (Å²) < 4.78 is 5.37. The fraction of sp³-hybridized carbons (Fsp3) is 0.643. The molecule has 1 saturated heterocycles. The Kier molecular flexibility index (Phi) is 4.42. The fourth-order valence-electron chi connectivity index (χ4n) is 2.57. The molecule has 1 N–H and O–H groups in total. The van der Waals surface area contributed by atoms with Crippen LogP contribution in [0.2, 0.25) is 0 Å². The Morgan fingerprint density at radius 3 is 2.70 bits per heavy atom. The minimum Gasteiger partial charge on any atom is -0.481 e. The second kappa shape index (κ2) is 6.07. The van der Waals surface area contributed by atoms with Crippen molar-refractivity contribution in [2.45, 2.75) is 33.1 Å². The minimum absolute atomic E-state index is 0.558. The van der Waals surface area contributed by atoms with Gasteiger partial charge in [0.25, 0.3) is 0 Å². The van der Waals surface area contributed by atoms with Gasteiger partial charge in [0, 0.05) is 25.4 Å². The number of aromatic nitrogens is 2. The van der Waals surface area contributed by atoms with Crippen LogP contribution in [0.4, 0.5) is 5.95 Å². The van der Waals surface area contributed by atoms with Crippen LogP contribution >= 0.6 is 0 Å². The highest BCUT2D eigenvalue weighted by atomic mass is 16.5. The van der Waals surface area contributed by atoms with E-state index in [1.54, 1.807) is 12.3 Å². The van der Waals surface area contributed by atoms with Gasteiger partial charge in [-0.3, -0.25) is 4.79 Å². The SMILES string of the molecule is CCOc1ccnc(N2CCC(CC)(C(=O)O)CC2)n1. The van der Waals surface area contributed by atoms with Crippen molar-refractivity contribution in [3.05, 3.63) is 12.3 Å². The number of hydrogen-bond acceptors (Lipinski definition) is 5. The third-order valence-electron chi connectivity index (χ3n) is 4.04. The first kappa shape index (κ1) is 14.6. The molecule has 0 aliphatic carbocycles. The minimum atomic E-state index is -0.691. The van der Waals surface area contributed by atoms with Crippen molar-refractivity contribution in [2.24, 2.45) is 5.41 Å². The maximum absolute atomic E-state index is 11.4. The summed E-state index contributed by atoms with van der Waals surface area (Å²) in [5.74, 6) is 0.484. The lowest BCUT2D eigenvalue weighted by Gasteiger charge is -2.38. The Labute approximate surface area is 118 Å². The summed E-state index contributed by atoms with van der Waals surface area (Å²) in [5, 5.41) is 9.39. The van der Waals surface area contributed by atoms with Crippen LogP contribution in [0.15, 0.2) is 12.3 Å². The van der Waals surface area contributed by atoms with Gasteiger partial charge >= 0.3 is 5.97 Å². The number of anilines is 1. The third-order valence-corrected chi connectivity index (χ3v) is 4.04. The molecule has 0 bridgehead atoms. The number of aliphatic carboxylic acids is 1. The highest BCUT2D eigenvalue weighted by molar-refractivity contribution is 5.75. The summed E-state index contributed by atoms with van der Waals surface area (Å²) in [5.41, 5.74) is -0.589. The maximum atomic E-state index is 11.4. The topological polar surface area (TPSA) is 75.5 Å². The quantitative estimate of drug-likeness (QED) is 0.888. The Morgan fingerprint density at radius 1 is 1.45 bits per heavy atom. The standard InChI is InChI=1S/C14H21N3O3/c1-3-14(12(18)19)6-9-17(10-7-14)13-15-8-5-11(16-13)20-4-2/h5,8H,3-4,6-7,9-10H2,1-2H3,(H,18,19). The van der Waals surface area contributed by atoms with Gasteiger partial charge in [-0.05, 0) is 26.2 Å². The van der Waals surface area contributed by atoms with Gasteiger partial charge in [-0.2, -0.15) is 4.98 Å². The summed E-state index contributed by atoms with van der Waals surface area (Å²) in [7, 11) is 0. The van der Waals surface area contributed by atoms with E-state index in [0.29, 0.717) is 50.8 Å². The molecule has 1 aliphatic heterocycles. The van der Waals surface area contributed by atoms with Gasteiger partial charge in [0.1, 0.15) is 0 Å². The summed E-state index contributed by atoms with van der Waals surface area (Å²) in [4.78, 5) is 22.0. The first-order valence-corrected chi connectivity index (χ1v) is 7.05. The molecule has 1 aliphatic rings. The maximum Gasteiger partial charge on any atom is 0.309 e. The van der Waals surface area contributed by atoms with Crippen molar-refractivity contribution in [1.82, 2.24) is 9.97 Å². The van der Waals surface area contributed by atoms with E-state index in [4.69, 9.17) is 4.74 Å². The van der Waals surface area contributed by atoms with E-state index in [-0.39, 0.29) is 0 Å². The van der Waals surface area contributed by atoms with Crippen molar-refractivity contribution >= 4 is 11.9 Å². The molecule has 0 spiro atoms. The Balaban J connectivity index is 2.07. The number of hydrogen-bond donors (Lipinski definition) is 1. The van der Waals surface area contributed by atoms with Crippen LogP contribution in [-0.4, -0.2) is 40.7 Å². The van der Waals surface area contributed by atoms with Gasteiger partial charge in [0.2, 0.25) is 11.8 Å². The highest BCUT2D eigenvalue weighted by Crippen LogP contribution is 2.36. The predicted octanol–water partition coefficient (Wildman–Crippen LogP) is 1.96. The summed E-state index contributed by atoms with van der Waals surface area (Å²) in [6, 6.07) is 1.73. The number of carboxylic acid groups (broad SMARTS) is 1. The molecule has 0 unspecified atom stereocenters. The monoisotopic (exact) mass is 279 g/mol. The number of ether oxygens (including phenoxy) is 1. The lowest BCUT2D eigenvalue weighted by atomic mass is 9.76. The molecular formula is C14H21N3O3. The highest BCUT2D eigenvalue weighted by Gasteiger charge is 2.40. The van der Waals surface area contributed by atoms with Crippen molar-refractivity contribution in [2.75, 3.05) is 24.6 Å². The van der Waals surface area contributed by atoms with Gasteiger partial charge in [-0.25, -0.2) is 4.98 Å². The van der Waals surface area contributed by atoms with E-state index in [2.05, 4.69) is 9.97 Å². The number of piperidine rings is 1. The average Bonchev–Trinajstić information content (AvgIpc) is 2.48. The number of carboxylic acids is 1. The van der Waals surface area contributed by atoms with Crippen LogP contribution < -0.4 is 9.64 Å². The zero-order valence-electron chi connectivity index (χ0n) is 12.0. The lowest BCUT2D eigenvalue weighted by molar-refractivity contribution is -0.150. The smallest absolute Gasteiger partial charge is 0.309 e. The molecule has 6 heteroatoms. The first-order valence-electron chi connectivity index (χ1n) is 7.05. The summed E-state index contributed by atoms with van der Waals surface area (Å²) >= 11 is 0. The largest absolute Gasteiger partial charge is 0.481 e. The second-order valence-electron chi connectivity index (χ2n) is 5.05. The number of nitrogens with zero attached hydrogens (tertiary/aromatic N) is 3. The van der Waals surface area contributed by atoms with Gasteiger partial charge in [-0.1, -0.05) is 6.92 Å². The first-order chi connectivity index (χ1) is 9.61. The normalized spacial score (nSPS) is 17.8. The molecular weight excluding hydrogens is 258 g/mol. The Bertz CT molecular complexity index is 470.